The van der Waals surface area contributed by atoms with Crippen LogP contribution in [-0.2, 0) is 4.74 Å². The van der Waals surface area contributed by atoms with Crippen LogP contribution in [0.3, 0.4) is 0 Å². The third-order valence-electron chi connectivity index (χ3n) is 1.56. The Kier molecular flexibility index (Phi) is 3.77. The van der Waals surface area contributed by atoms with Crippen LogP contribution >= 0.6 is 0 Å². The Morgan fingerprint density at radius 1 is 1.38 bits per heavy atom. The van der Waals surface area contributed by atoms with Crippen LogP contribution in [0, 0.1) is 6.07 Å². The van der Waals surface area contributed by atoms with Crippen molar-refractivity contribution in [2.24, 2.45) is 0 Å². The van der Waals surface area contributed by atoms with E-state index in [-0.39, 0.29) is 0 Å². The third-order valence-corrected chi connectivity index (χ3v) is 1.56. The maximum absolute atomic E-state index is 11.3. The Labute approximate surface area is 95.1 Å². The van der Waals surface area contributed by atoms with E-state index in [1.54, 1.807) is 39.0 Å². The minimum Gasteiger partial charge on any atom is -0.496 e. The molecular formula is C12H15O4. The van der Waals surface area contributed by atoms with E-state index >= 15 is 0 Å². The number of carbonyl (C=O) groups is 1. The maximum atomic E-state index is 11.3. The molecular weight excluding hydrogens is 208 g/mol. The molecule has 1 aromatic carbocycles. The summed E-state index contributed by atoms with van der Waals surface area (Å²) in [6, 6.07) is 7.60. The fraction of sp³-hybridized carbons (Fsp3) is 0.417. The average Bonchev–Trinajstić information content (AvgIpc) is 2.15. The number of hydrogen-bond donors (Lipinski definition) is 0. The number of hydrogen-bond acceptors (Lipinski definition) is 4. The van der Waals surface area contributed by atoms with E-state index in [0.29, 0.717) is 11.5 Å². The van der Waals surface area contributed by atoms with Gasteiger partial charge in [-0.25, -0.2) is 4.79 Å². The molecule has 16 heavy (non-hydrogen) atoms. The van der Waals surface area contributed by atoms with Crippen molar-refractivity contribution in [3.8, 4) is 11.5 Å². The monoisotopic (exact) mass is 223 g/mol. The molecule has 4 heteroatoms. The molecule has 0 heterocycles. The Balaban J connectivity index is 2.62. The Bertz CT molecular complexity index is 366. The molecule has 0 amide bonds. The van der Waals surface area contributed by atoms with Crippen molar-refractivity contribution in [2.45, 2.75) is 26.4 Å². The molecule has 0 saturated heterocycles. The fourth-order valence-corrected chi connectivity index (χ4v) is 0.973. The second-order valence-electron chi connectivity index (χ2n) is 4.16. The lowest BCUT2D eigenvalue weighted by Crippen LogP contribution is -2.25. The van der Waals surface area contributed by atoms with Crippen LogP contribution in [0.5, 0.6) is 11.5 Å². The van der Waals surface area contributed by atoms with Gasteiger partial charge in [-0.1, -0.05) is 0 Å². The highest BCUT2D eigenvalue weighted by molar-refractivity contribution is 5.64. The van der Waals surface area contributed by atoms with Crippen molar-refractivity contribution in [2.75, 3.05) is 7.11 Å². The van der Waals surface area contributed by atoms with Gasteiger partial charge < -0.3 is 14.2 Å². The van der Waals surface area contributed by atoms with Gasteiger partial charge in [0.1, 0.15) is 17.1 Å². The predicted molar refractivity (Wildman–Crippen MR) is 58.7 cm³/mol. The summed E-state index contributed by atoms with van der Waals surface area (Å²) in [5.74, 6) is 0.867. The molecule has 0 spiro atoms. The smallest absolute Gasteiger partial charge is 0.496 e. The van der Waals surface area contributed by atoms with Crippen LogP contribution in [0.2, 0.25) is 0 Å². The van der Waals surface area contributed by atoms with Crippen LogP contribution in [0.25, 0.3) is 0 Å². The number of carbonyl (C=O) groups excluding carboxylic acids is 1. The van der Waals surface area contributed by atoms with Gasteiger partial charge in [0.15, 0.2) is 0 Å². The van der Waals surface area contributed by atoms with Gasteiger partial charge in [0, 0.05) is 12.1 Å². The second-order valence-corrected chi connectivity index (χ2v) is 4.16. The van der Waals surface area contributed by atoms with E-state index in [1.165, 1.54) is 7.11 Å². The molecule has 0 fully saturated rings. The van der Waals surface area contributed by atoms with Gasteiger partial charge in [-0.05, 0) is 32.9 Å². The molecule has 0 N–H and O–H groups in total. The third kappa shape index (κ3) is 4.21. The summed E-state index contributed by atoms with van der Waals surface area (Å²) in [7, 11) is 1.52. The lowest BCUT2D eigenvalue weighted by molar-refractivity contribution is 0.0206. The zero-order valence-corrected chi connectivity index (χ0v) is 9.87. The minimum atomic E-state index is -0.735. The first-order chi connectivity index (χ1) is 7.40. The highest BCUT2D eigenvalue weighted by Crippen LogP contribution is 2.19. The number of methoxy groups -OCH3 is 1. The molecule has 87 valence electrons. The largest absolute Gasteiger partial charge is 0.514 e. The minimum absolute atomic E-state index is 0.366. The normalized spacial score (nSPS) is 10.8. The molecule has 1 rings (SSSR count). The summed E-state index contributed by atoms with van der Waals surface area (Å²) in [4.78, 5) is 11.3. The molecule has 0 unspecified atom stereocenters. The molecule has 0 bridgehead atoms. The summed E-state index contributed by atoms with van der Waals surface area (Å²) < 4.78 is 14.9. The Hall–Kier alpha value is -1.71. The SMILES string of the molecule is COc1[c]ccc(OC(=O)OC(C)(C)C)c1. The quantitative estimate of drug-likeness (QED) is 0.571. The first-order valence-electron chi connectivity index (χ1n) is 4.87. The van der Waals surface area contributed by atoms with Crippen LogP contribution in [0.4, 0.5) is 4.79 Å². The van der Waals surface area contributed by atoms with Gasteiger partial charge in [0.05, 0.1) is 7.11 Å². The van der Waals surface area contributed by atoms with E-state index < -0.39 is 11.8 Å². The topological polar surface area (TPSA) is 44.8 Å². The van der Waals surface area contributed by atoms with Crippen molar-refractivity contribution < 1.29 is 19.0 Å². The van der Waals surface area contributed by atoms with E-state index in [2.05, 4.69) is 6.07 Å². The summed E-state index contributed by atoms with van der Waals surface area (Å²) in [5.41, 5.74) is -0.567. The molecule has 0 aromatic heterocycles. The van der Waals surface area contributed by atoms with E-state index in [9.17, 15) is 4.79 Å². The standard InChI is InChI=1S/C12H15O4/c1-12(2,3)16-11(13)15-10-7-5-6-9(8-10)14-4/h5,7-8H,1-4H3. The van der Waals surface area contributed by atoms with Crippen molar-refractivity contribution >= 4 is 6.16 Å². The summed E-state index contributed by atoms with van der Waals surface area (Å²) in [5, 5.41) is 0. The number of benzene rings is 1. The van der Waals surface area contributed by atoms with Crippen molar-refractivity contribution in [1.29, 1.82) is 0 Å². The zero-order chi connectivity index (χ0) is 12.2. The average molecular weight is 223 g/mol. The highest BCUT2D eigenvalue weighted by atomic mass is 16.7. The van der Waals surface area contributed by atoms with Crippen LogP contribution in [-0.4, -0.2) is 18.9 Å². The molecule has 4 nitrogen and oxygen atoms in total. The summed E-state index contributed by atoms with van der Waals surface area (Å²) in [6.45, 7) is 5.31. The van der Waals surface area contributed by atoms with Gasteiger partial charge in [-0.2, -0.15) is 0 Å². The number of rotatable bonds is 2. The second kappa shape index (κ2) is 4.88. The molecule has 1 radical (unpaired) electrons. The molecule has 0 saturated carbocycles. The number of ether oxygens (including phenoxy) is 3. The van der Waals surface area contributed by atoms with E-state index in [1.807, 2.05) is 0 Å². The molecule has 0 aliphatic heterocycles. The van der Waals surface area contributed by atoms with Gasteiger partial charge in [0.2, 0.25) is 0 Å². The van der Waals surface area contributed by atoms with E-state index in [4.69, 9.17) is 14.2 Å². The van der Waals surface area contributed by atoms with E-state index in [0.717, 1.165) is 0 Å². The maximum Gasteiger partial charge on any atom is 0.514 e. The summed E-state index contributed by atoms with van der Waals surface area (Å²) >= 11 is 0. The molecule has 0 aliphatic rings. The van der Waals surface area contributed by atoms with Gasteiger partial charge in [-0.15, -0.1) is 0 Å². The van der Waals surface area contributed by atoms with Crippen LogP contribution in [0.15, 0.2) is 18.2 Å². The van der Waals surface area contributed by atoms with Crippen LogP contribution < -0.4 is 9.47 Å². The Morgan fingerprint density at radius 2 is 2.06 bits per heavy atom. The molecule has 1 aromatic rings. The zero-order valence-electron chi connectivity index (χ0n) is 9.87. The predicted octanol–water partition coefficient (Wildman–Crippen LogP) is 2.81. The fourth-order valence-electron chi connectivity index (χ4n) is 0.973. The van der Waals surface area contributed by atoms with Gasteiger partial charge >= 0.3 is 6.16 Å². The first kappa shape index (κ1) is 12.4. The van der Waals surface area contributed by atoms with Gasteiger partial charge in [-0.3, -0.25) is 0 Å². The van der Waals surface area contributed by atoms with Crippen molar-refractivity contribution in [3.05, 3.63) is 24.3 Å². The molecule has 0 aliphatic carbocycles. The lowest BCUT2D eigenvalue weighted by Gasteiger charge is -2.18. The first-order valence-corrected chi connectivity index (χ1v) is 4.87. The lowest BCUT2D eigenvalue weighted by atomic mass is 10.2. The van der Waals surface area contributed by atoms with Crippen molar-refractivity contribution in [1.82, 2.24) is 0 Å². The summed E-state index contributed by atoms with van der Waals surface area (Å²) in [6.07, 6.45) is -0.735. The highest BCUT2D eigenvalue weighted by Gasteiger charge is 2.18. The van der Waals surface area contributed by atoms with Crippen molar-refractivity contribution in [3.63, 3.8) is 0 Å². The Morgan fingerprint density at radius 3 is 2.62 bits per heavy atom. The van der Waals surface area contributed by atoms with Gasteiger partial charge in [0.25, 0.3) is 0 Å². The van der Waals surface area contributed by atoms with Crippen LogP contribution in [0.1, 0.15) is 20.8 Å². The molecule has 0 atom stereocenters.